The van der Waals surface area contributed by atoms with Gasteiger partial charge in [0, 0.05) is 12.3 Å². The first-order valence-corrected chi connectivity index (χ1v) is 6.30. The van der Waals surface area contributed by atoms with Gasteiger partial charge in [-0.1, -0.05) is 18.2 Å². The number of carbonyl (C=O) groups is 1. The normalized spacial score (nSPS) is 14.1. The van der Waals surface area contributed by atoms with Crippen molar-refractivity contribution < 1.29 is 14.6 Å². The minimum Gasteiger partial charge on any atom is -0.457 e. The van der Waals surface area contributed by atoms with Crippen molar-refractivity contribution in [3.63, 3.8) is 0 Å². The molecular formula is C12H14Cl2O3. The summed E-state index contributed by atoms with van der Waals surface area (Å²) < 4.78 is 5.17. The number of aliphatic hydroxyl groups excluding tert-OH is 1. The standard InChI is InChI=1S/C12H14Cl2O3/c13-7-10(15)6-11(8-14)17-12(16)9-4-2-1-3-5-9/h1-5,10-11,15H,6-8H2/t10-,11-/m1/s1. The highest BCUT2D eigenvalue weighted by Crippen LogP contribution is 2.10. The quantitative estimate of drug-likeness (QED) is 0.641. The molecule has 0 aliphatic carbocycles. The van der Waals surface area contributed by atoms with Crippen LogP contribution in [0.15, 0.2) is 30.3 Å². The van der Waals surface area contributed by atoms with Crippen molar-refractivity contribution in [1.29, 1.82) is 0 Å². The zero-order valence-corrected chi connectivity index (χ0v) is 10.7. The summed E-state index contributed by atoms with van der Waals surface area (Å²) in [5.74, 6) is -0.221. The second-order valence-electron chi connectivity index (χ2n) is 3.59. The van der Waals surface area contributed by atoms with E-state index in [0.717, 1.165) is 0 Å². The van der Waals surface area contributed by atoms with Crippen LogP contribution in [0.5, 0.6) is 0 Å². The second-order valence-corrected chi connectivity index (χ2v) is 4.21. The molecule has 94 valence electrons. The first-order chi connectivity index (χ1) is 8.17. The van der Waals surface area contributed by atoms with Gasteiger partial charge in [-0.25, -0.2) is 4.79 Å². The highest BCUT2D eigenvalue weighted by molar-refractivity contribution is 6.18. The van der Waals surface area contributed by atoms with E-state index in [-0.39, 0.29) is 18.2 Å². The van der Waals surface area contributed by atoms with Crippen molar-refractivity contribution >= 4 is 29.2 Å². The van der Waals surface area contributed by atoms with Crippen LogP contribution in [0.4, 0.5) is 0 Å². The van der Waals surface area contributed by atoms with Crippen LogP contribution >= 0.6 is 23.2 Å². The van der Waals surface area contributed by atoms with E-state index < -0.39 is 18.2 Å². The van der Waals surface area contributed by atoms with Gasteiger partial charge in [0.05, 0.1) is 17.5 Å². The van der Waals surface area contributed by atoms with Crippen LogP contribution < -0.4 is 0 Å². The monoisotopic (exact) mass is 276 g/mol. The number of hydrogen-bond acceptors (Lipinski definition) is 3. The van der Waals surface area contributed by atoms with Gasteiger partial charge < -0.3 is 9.84 Å². The molecule has 1 aromatic carbocycles. The van der Waals surface area contributed by atoms with Crippen LogP contribution in [0, 0.1) is 0 Å². The number of carbonyl (C=O) groups excluding carboxylic acids is 1. The average molecular weight is 277 g/mol. The summed E-state index contributed by atoms with van der Waals surface area (Å²) in [5, 5.41) is 9.36. The van der Waals surface area contributed by atoms with Crippen LogP contribution in [-0.2, 0) is 4.74 Å². The molecule has 0 saturated carbocycles. The summed E-state index contributed by atoms with van der Waals surface area (Å²) in [6, 6.07) is 8.63. The lowest BCUT2D eigenvalue weighted by molar-refractivity contribution is 0.0234. The molecule has 0 heterocycles. The molecule has 0 saturated heterocycles. The molecule has 5 heteroatoms. The van der Waals surface area contributed by atoms with E-state index >= 15 is 0 Å². The highest BCUT2D eigenvalue weighted by Gasteiger charge is 2.18. The Balaban J connectivity index is 2.54. The predicted octanol–water partition coefficient (Wildman–Crippen LogP) is 2.44. The number of benzene rings is 1. The third kappa shape index (κ3) is 4.94. The van der Waals surface area contributed by atoms with Gasteiger partial charge in [-0.3, -0.25) is 0 Å². The third-order valence-electron chi connectivity index (χ3n) is 2.17. The number of alkyl halides is 2. The van der Waals surface area contributed by atoms with E-state index in [1.807, 2.05) is 6.07 Å². The molecule has 1 aromatic rings. The van der Waals surface area contributed by atoms with Crippen LogP contribution in [0.2, 0.25) is 0 Å². The molecule has 0 radical (unpaired) electrons. The Kier molecular flexibility index (Phi) is 6.34. The zero-order chi connectivity index (χ0) is 12.7. The van der Waals surface area contributed by atoms with E-state index in [1.165, 1.54) is 0 Å². The molecule has 0 aliphatic heterocycles. The van der Waals surface area contributed by atoms with E-state index in [2.05, 4.69) is 0 Å². The van der Waals surface area contributed by atoms with Gasteiger partial charge in [0.2, 0.25) is 0 Å². The maximum atomic E-state index is 11.7. The first-order valence-electron chi connectivity index (χ1n) is 5.23. The Hall–Kier alpha value is -0.770. The minimum absolute atomic E-state index is 0.0935. The summed E-state index contributed by atoms with van der Waals surface area (Å²) in [4.78, 5) is 11.7. The predicted molar refractivity (Wildman–Crippen MR) is 67.7 cm³/mol. The van der Waals surface area contributed by atoms with Gasteiger partial charge in [-0.05, 0) is 12.1 Å². The largest absolute Gasteiger partial charge is 0.457 e. The second kappa shape index (κ2) is 7.54. The molecule has 0 unspecified atom stereocenters. The van der Waals surface area contributed by atoms with Gasteiger partial charge >= 0.3 is 5.97 Å². The summed E-state index contributed by atoms with van der Waals surface area (Å²) in [6.07, 6.45) is -1.01. The lowest BCUT2D eigenvalue weighted by Gasteiger charge is -2.17. The number of aliphatic hydroxyl groups is 1. The van der Waals surface area contributed by atoms with Crippen molar-refractivity contribution in [2.45, 2.75) is 18.6 Å². The molecular weight excluding hydrogens is 263 g/mol. The number of ether oxygens (including phenoxy) is 1. The Labute approximate surface area is 110 Å². The SMILES string of the molecule is O=C(O[C@@H](CCl)C[C@@H](O)CCl)c1ccccc1. The van der Waals surface area contributed by atoms with E-state index in [9.17, 15) is 9.90 Å². The maximum absolute atomic E-state index is 11.7. The fourth-order valence-electron chi connectivity index (χ4n) is 1.30. The van der Waals surface area contributed by atoms with Crippen molar-refractivity contribution in [2.75, 3.05) is 11.8 Å². The molecule has 17 heavy (non-hydrogen) atoms. The average Bonchev–Trinajstić information content (AvgIpc) is 2.38. The molecule has 0 bridgehead atoms. The Morgan fingerprint density at radius 3 is 2.41 bits per heavy atom. The van der Waals surface area contributed by atoms with E-state index in [0.29, 0.717) is 5.56 Å². The number of esters is 1. The summed E-state index contributed by atoms with van der Waals surface area (Å²) in [6.45, 7) is 0. The zero-order valence-electron chi connectivity index (χ0n) is 9.18. The number of halogens is 2. The third-order valence-corrected chi connectivity index (χ3v) is 2.87. The number of hydrogen-bond donors (Lipinski definition) is 1. The molecule has 1 rings (SSSR count). The smallest absolute Gasteiger partial charge is 0.338 e. The molecule has 0 aliphatic rings. The summed E-state index contributed by atoms with van der Waals surface area (Å²) in [7, 11) is 0. The van der Waals surface area contributed by atoms with Gasteiger partial charge in [-0.2, -0.15) is 0 Å². The van der Waals surface area contributed by atoms with E-state index in [1.54, 1.807) is 24.3 Å². The van der Waals surface area contributed by atoms with Crippen molar-refractivity contribution in [3.05, 3.63) is 35.9 Å². The van der Waals surface area contributed by atoms with Gasteiger partial charge in [0.1, 0.15) is 6.10 Å². The van der Waals surface area contributed by atoms with Crippen LogP contribution in [0.1, 0.15) is 16.8 Å². The van der Waals surface area contributed by atoms with Crippen LogP contribution in [-0.4, -0.2) is 35.0 Å². The van der Waals surface area contributed by atoms with Crippen molar-refractivity contribution in [2.24, 2.45) is 0 Å². The Morgan fingerprint density at radius 2 is 1.88 bits per heavy atom. The first kappa shape index (κ1) is 14.3. The van der Waals surface area contributed by atoms with Crippen LogP contribution in [0.3, 0.4) is 0 Å². The molecule has 1 N–H and O–H groups in total. The van der Waals surface area contributed by atoms with Gasteiger partial charge in [0.15, 0.2) is 0 Å². The molecule has 0 fully saturated rings. The molecule has 0 aromatic heterocycles. The minimum atomic E-state index is -0.719. The van der Waals surface area contributed by atoms with Crippen molar-refractivity contribution in [1.82, 2.24) is 0 Å². The Bertz CT molecular complexity index is 343. The van der Waals surface area contributed by atoms with E-state index in [4.69, 9.17) is 27.9 Å². The summed E-state index contributed by atoms with van der Waals surface area (Å²) >= 11 is 11.1. The highest BCUT2D eigenvalue weighted by atomic mass is 35.5. The fraction of sp³-hybridized carbons (Fsp3) is 0.417. The molecule has 3 nitrogen and oxygen atoms in total. The molecule has 0 amide bonds. The molecule has 0 spiro atoms. The lowest BCUT2D eigenvalue weighted by atomic mass is 10.2. The van der Waals surface area contributed by atoms with Crippen molar-refractivity contribution in [3.8, 4) is 0 Å². The van der Waals surface area contributed by atoms with Gasteiger partial charge in [0.25, 0.3) is 0 Å². The molecule has 2 atom stereocenters. The topological polar surface area (TPSA) is 46.5 Å². The van der Waals surface area contributed by atoms with Crippen LogP contribution in [0.25, 0.3) is 0 Å². The Morgan fingerprint density at radius 1 is 1.24 bits per heavy atom. The lowest BCUT2D eigenvalue weighted by Crippen LogP contribution is -2.26. The summed E-state index contributed by atoms with van der Waals surface area (Å²) in [5.41, 5.74) is 0.461. The van der Waals surface area contributed by atoms with Gasteiger partial charge in [-0.15, -0.1) is 23.2 Å². The fourth-order valence-corrected chi connectivity index (χ4v) is 1.62. The number of rotatable bonds is 6. The maximum Gasteiger partial charge on any atom is 0.338 e.